The number of carbonyl (C=O) groups excluding carboxylic acids is 1. The van der Waals surface area contributed by atoms with Gasteiger partial charge in [-0.25, -0.2) is 0 Å². The fourth-order valence-electron chi connectivity index (χ4n) is 0.703. The van der Waals surface area contributed by atoms with Crippen LogP contribution in [0.25, 0.3) is 0 Å². The van der Waals surface area contributed by atoms with Crippen LogP contribution in [0.5, 0.6) is 0 Å². The first kappa shape index (κ1) is 18.1. The minimum Gasteiger partial charge on any atom is -0.481 e. The molecule has 3 N–H and O–H groups in total. The molecular formula is C8H18ClNO3. The highest BCUT2D eigenvalue weighted by Gasteiger charge is 1.93. The number of halogens is 1. The molecule has 0 aliphatic rings. The number of carbonyl (C=O) groups is 2. The highest BCUT2D eigenvalue weighted by atomic mass is 35.5. The average molecular weight is 212 g/mol. The number of nitrogens with two attached hydrogens (primary N) is 1. The van der Waals surface area contributed by atoms with E-state index in [4.69, 9.17) is 9.90 Å². The Morgan fingerprint density at radius 3 is 2.15 bits per heavy atom. The van der Waals surface area contributed by atoms with Crippen molar-refractivity contribution in [3.05, 3.63) is 0 Å². The Bertz CT molecular complexity index is 120. The Kier molecular flexibility index (Phi) is 24.2. The number of amides is 1. The molecule has 0 aromatic rings. The van der Waals surface area contributed by atoms with Crippen molar-refractivity contribution < 1.29 is 14.7 Å². The second-order valence-electron chi connectivity index (χ2n) is 2.34. The Balaban J connectivity index is -0.000000220. The summed E-state index contributed by atoms with van der Waals surface area (Å²) in [6.45, 7) is 2.11. The van der Waals surface area contributed by atoms with Gasteiger partial charge in [0.15, 0.2) is 0 Å². The van der Waals surface area contributed by atoms with Gasteiger partial charge in [-0.3, -0.25) is 9.59 Å². The molecule has 80 valence electrons. The topological polar surface area (TPSA) is 80.4 Å². The summed E-state index contributed by atoms with van der Waals surface area (Å²) in [5.41, 5.74) is 4.17. The molecular weight excluding hydrogens is 194 g/mol. The Morgan fingerprint density at radius 1 is 1.38 bits per heavy atom. The zero-order chi connectivity index (χ0) is 9.82. The lowest BCUT2D eigenvalue weighted by atomic mass is 10.2. The smallest absolute Gasteiger partial charge is 0.303 e. The van der Waals surface area contributed by atoms with Gasteiger partial charge in [0.05, 0.1) is 0 Å². The number of aliphatic carboxylic acids is 1. The summed E-state index contributed by atoms with van der Waals surface area (Å²) in [6.07, 6.45) is 4.80. The standard InChI is InChI=1S/C7H14O2.CH3NO.ClH/c1-2-3-4-5-6-7(8)9;2-1-3;/h2-6H2,1H3,(H,8,9);1H,(H2,2,3);1H. The Morgan fingerprint density at radius 2 is 1.85 bits per heavy atom. The average Bonchev–Trinajstić information content (AvgIpc) is 1.99. The highest BCUT2D eigenvalue weighted by Crippen LogP contribution is 2.01. The minimum atomic E-state index is -0.675. The van der Waals surface area contributed by atoms with Gasteiger partial charge in [0.2, 0.25) is 6.41 Å². The van der Waals surface area contributed by atoms with Gasteiger partial charge in [-0.05, 0) is 6.42 Å². The molecule has 0 spiro atoms. The SMILES string of the molecule is CCCCCCC(=O)O.Cl.NC=O. The van der Waals surface area contributed by atoms with Crippen LogP contribution < -0.4 is 5.73 Å². The van der Waals surface area contributed by atoms with Crippen molar-refractivity contribution in [2.75, 3.05) is 0 Å². The van der Waals surface area contributed by atoms with E-state index in [1.165, 1.54) is 6.42 Å². The lowest BCUT2D eigenvalue weighted by Gasteiger charge is -1.92. The fourth-order valence-corrected chi connectivity index (χ4v) is 0.703. The van der Waals surface area contributed by atoms with Crippen LogP contribution in [0.4, 0.5) is 0 Å². The second kappa shape index (κ2) is 17.4. The van der Waals surface area contributed by atoms with E-state index in [1.807, 2.05) is 0 Å². The van der Waals surface area contributed by atoms with Gasteiger partial charge in [0.1, 0.15) is 0 Å². The van der Waals surface area contributed by atoms with Crippen molar-refractivity contribution in [1.29, 1.82) is 0 Å². The summed E-state index contributed by atoms with van der Waals surface area (Å²) < 4.78 is 0. The third kappa shape index (κ3) is 35.0. The van der Waals surface area contributed by atoms with E-state index in [9.17, 15) is 4.79 Å². The maximum absolute atomic E-state index is 9.96. The molecule has 5 heteroatoms. The van der Waals surface area contributed by atoms with Crippen LogP contribution in [0.1, 0.15) is 39.0 Å². The molecule has 0 heterocycles. The third-order valence-corrected chi connectivity index (χ3v) is 1.24. The van der Waals surface area contributed by atoms with Crippen LogP contribution >= 0.6 is 12.4 Å². The highest BCUT2D eigenvalue weighted by molar-refractivity contribution is 5.85. The minimum absolute atomic E-state index is 0. The molecule has 0 atom stereocenters. The van der Waals surface area contributed by atoms with E-state index in [1.54, 1.807) is 0 Å². The van der Waals surface area contributed by atoms with Gasteiger partial charge in [0.25, 0.3) is 0 Å². The third-order valence-electron chi connectivity index (χ3n) is 1.24. The lowest BCUT2D eigenvalue weighted by Crippen LogP contribution is -1.92. The zero-order valence-electron chi connectivity index (χ0n) is 7.86. The van der Waals surface area contributed by atoms with Crippen LogP contribution in [-0.4, -0.2) is 17.5 Å². The number of hydrogen-bond donors (Lipinski definition) is 2. The normalized spacial score (nSPS) is 7.46. The molecule has 0 aromatic carbocycles. The molecule has 0 unspecified atom stereocenters. The first-order valence-corrected chi connectivity index (χ1v) is 4.06. The van der Waals surface area contributed by atoms with E-state index in [2.05, 4.69) is 12.7 Å². The number of primary amides is 1. The van der Waals surface area contributed by atoms with Crippen molar-refractivity contribution >= 4 is 24.8 Å². The molecule has 0 aliphatic carbocycles. The van der Waals surface area contributed by atoms with Crippen molar-refractivity contribution in [3.8, 4) is 0 Å². The van der Waals surface area contributed by atoms with E-state index in [-0.39, 0.29) is 18.8 Å². The van der Waals surface area contributed by atoms with E-state index in [0.29, 0.717) is 6.42 Å². The summed E-state index contributed by atoms with van der Waals surface area (Å²) in [6, 6.07) is 0. The van der Waals surface area contributed by atoms with Gasteiger partial charge in [0, 0.05) is 6.42 Å². The van der Waals surface area contributed by atoms with Gasteiger partial charge < -0.3 is 10.8 Å². The maximum atomic E-state index is 9.96. The molecule has 0 aliphatic heterocycles. The van der Waals surface area contributed by atoms with Gasteiger partial charge in [-0.1, -0.05) is 26.2 Å². The molecule has 0 bridgehead atoms. The van der Waals surface area contributed by atoms with Crippen LogP contribution in [0, 0.1) is 0 Å². The van der Waals surface area contributed by atoms with Gasteiger partial charge in [-0.2, -0.15) is 0 Å². The number of unbranched alkanes of at least 4 members (excludes halogenated alkanes) is 3. The molecule has 0 fully saturated rings. The van der Waals surface area contributed by atoms with E-state index in [0.717, 1.165) is 19.3 Å². The predicted octanol–water partition coefficient (Wildman–Crippen LogP) is 1.56. The molecule has 0 saturated carbocycles. The molecule has 0 rings (SSSR count). The molecule has 1 amide bonds. The van der Waals surface area contributed by atoms with Gasteiger partial charge >= 0.3 is 5.97 Å². The predicted molar refractivity (Wildman–Crippen MR) is 53.9 cm³/mol. The largest absolute Gasteiger partial charge is 0.481 e. The van der Waals surface area contributed by atoms with E-state index >= 15 is 0 Å². The number of carboxylic acids is 1. The summed E-state index contributed by atoms with van der Waals surface area (Å²) in [7, 11) is 0. The molecule has 0 aromatic heterocycles. The van der Waals surface area contributed by atoms with Crippen LogP contribution in [0.3, 0.4) is 0 Å². The maximum Gasteiger partial charge on any atom is 0.303 e. The van der Waals surface area contributed by atoms with Crippen LogP contribution in [-0.2, 0) is 9.59 Å². The first-order chi connectivity index (χ1) is 5.68. The fraction of sp³-hybridized carbons (Fsp3) is 0.750. The molecule has 4 nitrogen and oxygen atoms in total. The van der Waals surface area contributed by atoms with Crippen LogP contribution in [0.15, 0.2) is 0 Å². The molecule has 0 saturated heterocycles. The lowest BCUT2D eigenvalue weighted by molar-refractivity contribution is -0.137. The summed E-state index contributed by atoms with van der Waals surface area (Å²) >= 11 is 0. The number of rotatable bonds is 5. The zero-order valence-corrected chi connectivity index (χ0v) is 8.68. The van der Waals surface area contributed by atoms with Crippen molar-refractivity contribution in [2.45, 2.75) is 39.0 Å². The van der Waals surface area contributed by atoms with E-state index < -0.39 is 5.97 Å². The second-order valence-corrected chi connectivity index (χ2v) is 2.34. The Hall–Kier alpha value is -0.770. The van der Waals surface area contributed by atoms with Crippen molar-refractivity contribution in [3.63, 3.8) is 0 Å². The van der Waals surface area contributed by atoms with Gasteiger partial charge in [-0.15, -0.1) is 12.4 Å². The van der Waals surface area contributed by atoms with Crippen LogP contribution in [0.2, 0.25) is 0 Å². The first-order valence-electron chi connectivity index (χ1n) is 4.06. The summed E-state index contributed by atoms with van der Waals surface area (Å²) in [4.78, 5) is 18.5. The molecule has 13 heavy (non-hydrogen) atoms. The Labute approximate surface area is 84.9 Å². The van der Waals surface area contributed by atoms with Crippen molar-refractivity contribution in [2.24, 2.45) is 5.73 Å². The summed E-state index contributed by atoms with van der Waals surface area (Å²) in [5, 5.41) is 8.21. The number of hydrogen-bond acceptors (Lipinski definition) is 2. The van der Waals surface area contributed by atoms with Crippen molar-refractivity contribution in [1.82, 2.24) is 0 Å². The number of carboxylic acid groups (broad SMARTS) is 1. The quantitative estimate of drug-likeness (QED) is 0.535. The molecule has 0 radical (unpaired) electrons. The summed E-state index contributed by atoms with van der Waals surface area (Å²) in [5.74, 6) is -0.675. The monoisotopic (exact) mass is 211 g/mol.